The maximum Gasteiger partial charge on any atom is 0.234 e. The summed E-state index contributed by atoms with van der Waals surface area (Å²) < 4.78 is 19.3. The van der Waals surface area contributed by atoms with Crippen LogP contribution in [-0.4, -0.2) is 68.7 Å². The molecule has 1 saturated heterocycles. The number of piperidine rings is 1. The first-order valence-electron chi connectivity index (χ1n) is 10.4. The molecule has 1 aromatic rings. The minimum Gasteiger partial charge on any atom is -0.486 e. The van der Waals surface area contributed by atoms with Gasteiger partial charge in [-0.3, -0.25) is 14.7 Å². The zero-order valence-corrected chi connectivity index (χ0v) is 20.4. The molecule has 0 bridgehead atoms. The summed E-state index contributed by atoms with van der Waals surface area (Å²) in [5.41, 5.74) is 0. The molecule has 3 N–H and O–H groups in total. The lowest BCUT2D eigenvalue weighted by atomic mass is 10.1. The van der Waals surface area contributed by atoms with Crippen LogP contribution < -0.4 is 20.7 Å². The van der Waals surface area contributed by atoms with Crippen LogP contribution in [0.4, 0.5) is 4.39 Å². The van der Waals surface area contributed by atoms with E-state index in [4.69, 9.17) is 4.74 Å². The van der Waals surface area contributed by atoms with Crippen molar-refractivity contribution in [1.29, 1.82) is 0 Å². The first kappa shape index (κ1) is 26.4. The van der Waals surface area contributed by atoms with E-state index < -0.39 is 0 Å². The fraction of sp³-hybridized carbons (Fsp3) is 0.619. The van der Waals surface area contributed by atoms with Crippen molar-refractivity contribution in [1.82, 2.24) is 20.9 Å². The van der Waals surface area contributed by atoms with Gasteiger partial charge in [0, 0.05) is 32.7 Å². The molecular formula is C21H35FIN5O2. The molecule has 1 aliphatic heterocycles. The minimum atomic E-state index is -0.364. The zero-order valence-electron chi connectivity index (χ0n) is 18.1. The molecule has 1 heterocycles. The number of amides is 1. The number of para-hydroxylation sites is 1. The average molecular weight is 535 g/mol. The van der Waals surface area contributed by atoms with Crippen molar-refractivity contribution in [2.75, 3.05) is 39.8 Å². The number of carbonyl (C=O) groups is 1. The van der Waals surface area contributed by atoms with Gasteiger partial charge in [0.05, 0.1) is 13.1 Å². The van der Waals surface area contributed by atoms with Crippen LogP contribution in [0.25, 0.3) is 0 Å². The third kappa shape index (κ3) is 9.46. The number of ether oxygens (including phenoxy) is 1. The summed E-state index contributed by atoms with van der Waals surface area (Å²) in [5.74, 6) is 0.685. The van der Waals surface area contributed by atoms with Crippen molar-refractivity contribution in [2.45, 2.75) is 45.3 Å². The molecule has 0 aromatic heterocycles. The number of carbonyl (C=O) groups excluding carboxylic acids is 1. The fourth-order valence-corrected chi connectivity index (χ4v) is 3.19. The standard InChI is InChI=1S/C21H34FN5O2.HI/c1-4-11-24-20(28)15-27-12-9-17(10-13-27)26-21(23-3)25-14-16(2)29-19-8-6-5-7-18(19)22;/h5-8,16-17H,4,9-15H2,1-3H3,(H,24,28)(H2,23,25,26);1H. The number of halogens is 2. The van der Waals surface area contributed by atoms with Gasteiger partial charge in [-0.05, 0) is 38.3 Å². The lowest BCUT2D eigenvalue weighted by molar-refractivity contribution is -0.122. The van der Waals surface area contributed by atoms with Crippen molar-refractivity contribution in [2.24, 2.45) is 4.99 Å². The van der Waals surface area contributed by atoms with E-state index in [1.54, 1.807) is 25.2 Å². The lowest BCUT2D eigenvalue weighted by Gasteiger charge is -2.32. The predicted molar refractivity (Wildman–Crippen MR) is 129 cm³/mol. The Morgan fingerprint density at radius 2 is 2.00 bits per heavy atom. The van der Waals surface area contributed by atoms with E-state index in [-0.39, 0.29) is 47.6 Å². The highest BCUT2D eigenvalue weighted by atomic mass is 127. The Kier molecular flexibility index (Phi) is 12.7. The van der Waals surface area contributed by atoms with Gasteiger partial charge in [0.25, 0.3) is 0 Å². The van der Waals surface area contributed by atoms with Crippen molar-refractivity contribution in [3.8, 4) is 5.75 Å². The van der Waals surface area contributed by atoms with Gasteiger partial charge in [0.1, 0.15) is 6.10 Å². The van der Waals surface area contributed by atoms with Crippen LogP contribution in [0.1, 0.15) is 33.1 Å². The highest BCUT2D eigenvalue weighted by Crippen LogP contribution is 2.16. The van der Waals surface area contributed by atoms with Gasteiger partial charge in [0.2, 0.25) is 5.91 Å². The van der Waals surface area contributed by atoms with Crippen molar-refractivity contribution in [3.63, 3.8) is 0 Å². The van der Waals surface area contributed by atoms with Crippen molar-refractivity contribution >= 4 is 35.8 Å². The number of aliphatic imine (C=N–C) groups is 1. The summed E-state index contributed by atoms with van der Waals surface area (Å²) in [6, 6.07) is 6.70. The molecule has 170 valence electrons. The molecule has 1 fully saturated rings. The third-order valence-electron chi connectivity index (χ3n) is 4.81. The number of benzene rings is 1. The van der Waals surface area contributed by atoms with Gasteiger partial charge in [0.15, 0.2) is 17.5 Å². The molecule has 0 spiro atoms. The van der Waals surface area contributed by atoms with Crippen LogP contribution in [0.3, 0.4) is 0 Å². The summed E-state index contributed by atoms with van der Waals surface area (Å²) in [7, 11) is 1.73. The van der Waals surface area contributed by atoms with E-state index in [1.165, 1.54) is 6.07 Å². The van der Waals surface area contributed by atoms with Gasteiger partial charge in [-0.25, -0.2) is 4.39 Å². The van der Waals surface area contributed by atoms with Crippen LogP contribution in [0, 0.1) is 5.82 Å². The zero-order chi connectivity index (χ0) is 21.1. The number of nitrogens with one attached hydrogen (secondary N) is 3. The molecule has 1 aliphatic rings. The SMILES string of the molecule is CCCNC(=O)CN1CCC(NC(=NC)NCC(C)Oc2ccccc2F)CC1.I. The van der Waals surface area contributed by atoms with Gasteiger partial charge in [-0.15, -0.1) is 24.0 Å². The summed E-state index contributed by atoms with van der Waals surface area (Å²) in [6.45, 7) is 7.38. The van der Waals surface area contributed by atoms with E-state index in [0.29, 0.717) is 25.1 Å². The Morgan fingerprint density at radius 1 is 1.30 bits per heavy atom. The van der Waals surface area contributed by atoms with Crippen LogP contribution in [-0.2, 0) is 4.79 Å². The first-order valence-corrected chi connectivity index (χ1v) is 10.4. The smallest absolute Gasteiger partial charge is 0.234 e. The molecule has 7 nitrogen and oxygen atoms in total. The topological polar surface area (TPSA) is 78.0 Å². The summed E-state index contributed by atoms with van der Waals surface area (Å²) in [6.07, 6.45) is 2.63. The second kappa shape index (κ2) is 14.4. The summed E-state index contributed by atoms with van der Waals surface area (Å²) in [4.78, 5) is 18.3. The van der Waals surface area contributed by atoms with E-state index in [9.17, 15) is 9.18 Å². The Morgan fingerprint density at radius 3 is 2.63 bits per heavy atom. The van der Waals surface area contributed by atoms with Crippen molar-refractivity contribution in [3.05, 3.63) is 30.1 Å². The van der Waals surface area contributed by atoms with E-state index in [2.05, 4.69) is 25.8 Å². The number of likely N-dealkylation sites (tertiary alicyclic amines) is 1. The van der Waals surface area contributed by atoms with Gasteiger partial charge in [-0.2, -0.15) is 0 Å². The van der Waals surface area contributed by atoms with Crippen LogP contribution in [0.15, 0.2) is 29.3 Å². The van der Waals surface area contributed by atoms with E-state index in [1.807, 2.05) is 13.8 Å². The highest BCUT2D eigenvalue weighted by Gasteiger charge is 2.21. The first-order chi connectivity index (χ1) is 14.0. The summed E-state index contributed by atoms with van der Waals surface area (Å²) in [5, 5.41) is 9.58. The molecule has 0 saturated carbocycles. The van der Waals surface area contributed by atoms with Gasteiger partial charge >= 0.3 is 0 Å². The Balaban J connectivity index is 0.00000450. The Bertz CT molecular complexity index is 669. The highest BCUT2D eigenvalue weighted by molar-refractivity contribution is 14.0. The fourth-order valence-electron chi connectivity index (χ4n) is 3.19. The summed E-state index contributed by atoms with van der Waals surface area (Å²) >= 11 is 0. The molecule has 0 radical (unpaired) electrons. The third-order valence-corrected chi connectivity index (χ3v) is 4.81. The minimum absolute atomic E-state index is 0. The molecule has 1 amide bonds. The molecule has 9 heteroatoms. The van der Waals surface area contributed by atoms with Gasteiger partial charge in [-0.1, -0.05) is 19.1 Å². The number of hydrogen-bond donors (Lipinski definition) is 3. The maximum absolute atomic E-state index is 13.7. The normalized spacial score (nSPS) is 16.3. The Hall–Kier alpha value is -1.62. The van der Waals surface area contributed by atoms with E-state index in [0.717, 1.165) is 38.9 Å². The number of nitrogens with zero attached hydrogens (tertiary/aromatic N) is 2. The number of rotatable bonds is 9. The van der Waals surface area contributed by atoms with Gasteiger partial charge < -0.3 is 20.7 Å². The Labute approximate surface area is 196 Å². The molecule has 30 heavy (non-hydrogen) atoms. The number of hydrogen-bond acceptors (Lipinski definition) is 4. The molecule has 1 unspecified atom stereocenters. The van der Waals surface area contributed by atoms with Crippen LogP contribution >= 0.6 is 24.0 Å². The monoisotopic (exact) mass is 535 g/mol. The van der Waals surface area contributed by atoms with Crippen LogP contribution in [0.5, 0.6) is 5.75 Å². The second-order valence-corrected chi connectivity index (χ2v) is 7.36. The lowest BCUT2D eigenvalue weighted by Crippen LogP contribution is -2.51. The molecular weight excluding hydrogens is 500 g/mol. The molecule has 0 aliphatic carbocycles. The molecule has 1 aromatic carbocycles. The molecule has 2 rings (SSSR count). The van der Waals surface area contributed by atoms with Crippen LogP contribution in [0.2, 0.25) is 0 Å². The predicted octanol–water partition coefficient (Wildman–Crippen LogP) is 2.37. The molecule has 1 atom stereocenters. The quantitative estimate of drug-likeness (QED) is 0.257. The maximum atomic E-state index is 13.7. The largest absolute Gasteiger partial charge is 0.486 e. The average Bonchev–Trinajstić information content (AvgIpc) is 2.72. The second-order valence-electron chi connectivity index (χ2n) is 7.36. The van der Waals surface area contributed by atoms with Crippen molar-refractivity contribution < 1.29 is 13.9 Å². The number of guanidine groups is 1. The van der Waals surface area contributed by atoms with E-state index >= 15 is 0 Å².